The van der Waals surface area contributed by atoms with E-state index in [2.05, 4.69) is 39.4 Å². The molecule has 1 spiro atoms. The van der Waals surface area contributed by atoms with Gasteiger partial charge in [-0.05, 0) is 61.2 Å². The monoisotopic (exact) mass is 575 g/mol. The van der Waals surface area contributed by atoms with Crippen LogP contribution < -0.4 is 10.9 Å². The van der Waals surface area contributed by atoms with Crippen molar-refractivity contribution in [3.05, 3.63) is 98.6 Å². The van der Waals surface area contributed by atoms with Crippen molar-refractivity contribution in [2.24, 2.45) is 0 Å². The average Bonchev–Trinajstić information content (AvgIpc) is 3.58. The van der Waals surface area contributed by atoms with Gasteiger partial charge in [-0.1, -0.05) is 64.8 Å². The van der Waals surface area contributed by atoms with Crippen LogP contribution >= 0.6 is 27.7 Å². The molecule has 6 rings (SSSR count). The van der Waals surface area contributed by atoms with Crippen molar-refractivity contribution in [3.8, 4) is 11.3 Å². The number of hydrogen-bond donors (Lipinski definition) is 1. The van der Waals surface area contributed by atoms with E-state index in [1.165, 1.54) is 17.3 Å². The molecule has 8 heteroatoms. The molecule has 0 aliphatic heterocycles. The van der Waals surface area contributed by atoms with Crippen molar-refractivity contribution >= 4 is 39.3 Å². The number of carbonyl (C=O) groups excluding carboxylic acids is 1. The van der Waals surface area contributed by atoms with Crippen LogP contribution in [0.15, 0.2) is 85.8 Å². The van der Waals surface area contributed by atoms with Gasteiger partial charge in [0.25, 0.3) is 5.56 Å². The lowest BCUT2D eigenvalue weighted by atomic mass is 9.68. The van der Waals surface area contributed by atoms with E-state index in [9.17, 15) is 9.59 Å². The summed E-state index contributed by atoms with van der Waals surface area (Å²) in [7, 11) is 0. The third-order valence-corrected chi connectivity index (χ3v) is 8.89. The maximum atomic E-state index is 14.3. The van der Waals surface area contributed by atoms with Gasteiger partial charge in [-0.25, -0.2) is 4.98 Å². The van der Waals surface area contributed by atoms with Crippen LogP contribution in [0.3, 0.4) is 0 Å². The Bertz CT molecular complexity index is 1510. The van der Waals surface area contributed by atoms with Gasteiger partial charge < -0.3 is 9.73 Å². The highest BCUT2D eigenvalue weighted by Crippen LogP contribution is 2.50. The molecule has 2 aromatic carbocycles. The smallest absolute Gasteiger partial charge is 0.258 e. The summed E-state index contributed by atoms with van der Waals surface area (Å²) in [5.74, 6) is 0.657. The molecule has 0 atom stereocenters. The lowest BCUT2D eigenvalue weighted by Crippen LogP contribution is -2.40. The van der Waals surface area contributed by atoms with Crippen molar-refractivity contribution in [2.45, 2.75) is 49.2 Å². The molecule has 4 aromatic rings. The zero-order chi connectivity index (χ0) is 25.4. The summed E-state index contributed by atoms with van der Waals surface area (Å²) in [5, 5.41) is 3.45. The first kappa shape index (κ1) is 24.2. The van der Waals surface area contributed by atoms with Crippen LogP contribution in [0, 0.1) is 0 Å². The molecule has 1 fully saturated rings. The Morgan fingerprint density at radius 2 is 1.86 bits per heavy atom. The lowest BCUT2D eigenvalue weighted by Gasteiger charge is -2.36. The molecule has 1 amide bonds. The van der Waals surface area contributed by atoms with Crippen molar-refractivity contribution in [3.63, 3.8) is 0 Å². The van der Waals surface area contributed by atoms with Crippen LogP contribution in [0.25, 0.3) is 11.3 Å². The molecule has 1 N–H and O–H groups in total. The first-order valence-electron chi connectivity index (χ1n) is 12.5. The fraction of sp³-hybridized carbons (Fsp3) is 0.276. The second-order valence-electron chi connectivity index (χ2n) is 9.75. The van der Waals surface area contributed by atoms with E-state index in [-0.39, 0.29) is 29.2 Å². The minimum absolute atomic E-state index is 0.0198. The van der Waals surface area contributed by atoms with Crippen molar-refractivity contribution in [1.82, 2.24) is 9.55 Å². The third kappa shape index (κ3) is 4.68. The summed E-state index contributed by atoms with van der Waals surface area (Å²) >= 11 is 4.69. The van der Waals surface area contributed by atoms with Gasteiger partial charge in [0.15, 0.2) is 5.16 Å². The van der Waals surface area contributed by atoms with Crippen LogP contribution in [-0.2, 0) is 23.2 Å². The number of halogens is 1. The molecule has 188 valence electrons. The maximum absolute atomic E-state index is 14.3. The van der Waals surface area contributed by atoms with E-state index in [0.29, 0.717) is 10.9 Å². The lowest BCUT2D eigenvalue weighted by molar-refractivity contribution is -0.113. The number of fused-ring (bicyclic) bond motifs is 4. The standard InChI is InChI=1S/C29H26BrN3O3S/c30-20-9-11-21(12-10-20)31-24(34)18-37-28-32-26-23-8-2-1-6-19(23)16-29(13-3-4-14-29)25(26)27(35)33(28)17-22-7-5-15-36-22/h1-2,5-12,15H,3-4,13-14,16-18H2,(H,31,34). The number of benzene rings is 2. The Morgan fingerprint density at radius 3 is 2.62 bits per heavy atom. The van der Waals surface area contributed by atoms with Crippen molar-refractivity contribution in [1.29, 1.82) is 0 Å². The van der Waals surface area contributed by atoms with E-state index in [1.54, 1.807) is 10.8 Å². The number of thioether (sulfide) groups is 1. The Morgan fingerprint density at radius 1 is 1.08 bits per heavy atom. The number of aromatic nitrogens is 2. The predicted molar refractivity (Wildman–Crippen MR) is 149 cm³/mol. The zero-order valence-electron chi connectivity index (χ0n) is 20.2. The van der Waals surface area contributed by atoms with Gasteiger partial charge in [-0.3, -0.25) is 14.2 Å². The van der Waals surface area contributed by atoms with Crippen molar-refractivity contribution < 1.29 is 9.21 Å². The second-order valence-corrected chi connectivity index (χ2v) is 11.6. The van der Waals surface area contributed by atoms with Gasteiger partial charge in [0.2, 0.25) is 5.91 Å². The fourth-order valence-corrected chi connectivity index (χ4v) is 6.77. The number of anilines is 1. The summed E-state index contributed by atoms with van der Waals surface area (Å²) in [6.07, 6.45) is 6.70. The highest BCUT2D eigenvalue weighted by atomic mass is 79.9. The van der Waals surface area contributed by atoms with E-state index >= 15 is 0 Å². The normalized spacial score (nSPS) is 15.4. The van der Waals surface area contributed by atoms with Crippen LogP contribution in [0.1, 0.15) is 42.6 Å². The van der Waals surface area contributed by atoms with Gasteiger partial charge >= 0.3 is 0 Å². The Kier molecular flexibility index (Phi) is 6.55. The van der Waals surface area contributed by atoms with E-state index < -0.39 is 0 Å². The molecule has 6 nitrogen and oxygen atoms in total. The topological polar surface area (TPSA) is 77.1 Å². The van der Waals surface area contributed by atoms with Crippen molar-refractivity contribution in [2.75, 3.05) is 11.1 Å². The second kappa shape index (κ2) is 9.99. The molecule has 2 aromatic heterocycles. The zero-order valence-corrected chi connectivity index (χ0v) is 22.6. The highest BCUT2D eigenvalue weighted by Gasteiger charge is 2.44. The third-order valence-electron chi connectivity index (χ3n) is 7.38. The number of nitrogens with one attached hydrogen (secondary N) is 1. The molecular formula is C29H26BrN3O3S. The molecular weight excluding hydrogens is 550 g/mol. The molecule has 37 heavy (non-hydrogen) atoms. The Labute approximate surface area is 227 Å². The Hall–Kier alpha value is -3.10. The summed E-state index contributed by atoms with van der Waals surface area (Å²) in [5.41, 5.74) is 4.40. The fourth-order valence-electron chi connectivity index (χ4n) is 5.71. The first-order chi connectivity index (χ1) is 18.0. The van der Waals surface area contributed by atoms with Gasteiger partial charge in [-0.2, -0.15) is 0 Å². The van der Waals surface area contributed by atoms with Crippen LogP contribution in [0.5, 0.6) is 0 Å². The number of furan rings is 1. The molecule has 0 bridgehead atoms. The quantitative estimate of drug-likeness (QED) is 0.212. The largest absolute Gasteiger partial charge is 0.467 e. The van der Waals surface area contributed by atoms with Gasteiger partial charge in [0.05, 0.1) is 29.8 Å². The van der Waals surface area contributed by atoms with Crippen LogP contribution in [0.4, 0.5) is 5.69 Å². The van der Waals surface area contributed by atoms with Crippen LogP contribution in [-0.4, -0.2) is 21.2 Å². The van der Waals surface area contributed by atoms with Gasteiger partial charge in [-0.15, -0.1) is 0 Å². The Balaban J connectivity index is 1.40. The summed E-state index contributed by atoms with van der Waals surface area (Å²) in [6.45, 7) is 0.278. The molecule has 2 aliphatic carbocycles. The number of hydrogen-bond acceptors (Lipinski definition) is 5. The first-order valence-corrected chi connectivity index (χ1v) is 14.2. The average molecular weight is 577 g/mol. The summed E-state index contributed by atoms with van der Waals surface area (Å²) in [6, 6.07) is 19.4. The predicted octanol–water partition coefficient (Wildman–Crippen LogP) is 6.41. The molecule has 0 saturated heterocycles. The van der Waals surface area contributed by atoms with Gasteiger partial charge in [0.1, 0.15) is 5.76 Å². The minimum atomic E-state index is -0.180. The van der Waals surface area contributed by atoms with E-state index in [4.69, 9.17) is 9.40 Å². The minimum Gasteiger partial charge on any atom is -0.467 e. The SMILES string of the molecule is O=C(CSc1nc2c(c(=O)n1Cc1ccco1)C1(CCCC1)Cc1ccccc1-2)Nc1ccc(Br)cc1. The van der Waals surface area contributed by atoms with Gasteiger partial charge in [0, 0.05) is 21.1 Å². The number of rotatable bonds is 6. The van der Waals surface area contributed by atoms with E-state index in [1.807, 2.05) is 42.5 Å². The molecule has 0 unspecified atom stereocenters. The van der Waals surface area contributed by atoms with Crippen LogP contribution in [0.2, 0.25) is 0 Å². The summed E-state index contributed by atoms with van der Waals surface area (Å²) < 4.78 is 8.24. The number of amides is 1. The maximum Gasteiger partial charge on any atom is 0.258 e. The molecule has 2 heterocycles. The summed E-state index contributed by atoms with van der Waals surface area (Å²) in [4.78, 5) is 32.2. The number of carbonyl (C=O) groups is 1. The van der Waals surface area contributed by atoms with E-state index in [0.717, 1.165) is 59.1 Å². The number of nitrogens with zero attached hydrogens (tertiary/aromatic N) is 2. The molecule has 0 radical (unpaired) electrons. The highest BCUT2D eigenvalue weighted by molar-refractivity contribution is 9.10. The molecule has 1 saturated carbocycles. The molecule has 2 aliphatic rings.